The van der Waals surface area contributed by atoms with Crippen molar-refractivity contribution in [3.63, 3.8) is 0 Å². The average molecular weight is 333 g/mol. The molecule has 1 aromatic rings. The van der Waals surface area contributed by atoms with Gasteiger partial charge in [0.25, 0.3) is 5.91 Å². The highest BCUT2D eigenvalue weighted by Gasteiger charge is 2.20. The quantitative estimate of drug-likeness (QED) is 0.766. The predicted molar refractivity (Wildman–Crippen MR) is 97.7 cm³/mol. The summed E-state index contributed by atoms with van der Waals surface area (Å²) < 4.78 is 5.76. The molecule has 1 aliphatic rings. The standard InChI is InChI=1S/C19H31N3O2/c1-4-22(5-2)12-13-24-18-8-6-16(7-9-18)19(23)21-17-10-11-20-15(3)14-17/h6-9,15,17,20H,4-5,10-14H2,1-3H3,(H,21,23). The maximum atomic E-state index is 12.3. The molecular formula is C19H31N3O2. The molecule has 1 heterocycles. The normalized spacial score (nSPS) is 20.8. The lowest BCUT2D eigenvalue weighted by molar-refractivity contribution is 0.0925. The first-order chi connectivity index (χ1) is 11.6. The molecule has 2 unspecified atom stereocenters. The molecule has 0 bridgehead atoms. The molecule has 2 rings (SSSR count). The van der Waals surface area contributed by atoms with Gasteiger partial charge in [0.15, 0.2) is 0 Å². The Morgan fingerprint density at radius 1 is 1.29 bits per heavy atom. The van der Waals surface area contributed by atoms with Crippen molar-refractivity contribution >= 4 is 5.91 Å². The molecule has 2 atom stereocenters. The minimum absolute atomic E-state index is 0.00351. The van der Waals surface area contributed by atoms with Gasteiger partial charge in [0.2, 0.25) is 0 Å². The summed E-state index contributed by atoms with van der Waals surface area (Å²) in [5, 5.41) is 6.53. The molecule has 0 aromatic heterocycles. The molecule has 1 aromatic carbocycles. The van der Waals surface area contributed by atoms with Crippen LogP contribution in [0.5, 0.6) is 5.75 Å². The molecule has 1 aliphatic heterocycles. The van der Waals surface area contributed by atoms with E-state index in [4.69, 9.17) is 4.74 Å². The van der Waals surface area contributed by atoms with Crippen molar-refractivity contribution in [3.05, 3.63) is 29.8 Å². The fraction of sp³-hybridized carbons (Fsp3) is 0.632. The first-order valence-electron chi connectivity index (χ1n) is 9.11. The Labute approximate surface area is 145 Å². The van der Waals surface area contributed by atoms with Crippen molar-refractivity contribution < 1.29 is 9.53 Å². The maximum absolute atomic E-state index is 12.3. The van der Waals surface area contributed by atoms with Crippen LogP contribution < -0.4 is 15.4 Å². The number of carbonyl (C=O) groups excluding carboxylic acids is 1. The number of nitrogens with zero attached hydrogens (tertiary/aromatic N) is 1. The van der Waals surface area contributed by atoms with E-state index in [-0.39, 0.29) is 11.9 Å². The third-order valence-electron chi connectivity index (χ3n) is 4.65. The number of hydrogen-bond donors (Lipinski definition) is 2. The molecule has 0 radical (unpaired) electrons. The van der Waals surface area contributed by atoms with Crippen LogP contribution in [0.1, 0.15) is 44.0 Å². The van der Waals surface area contributed by atoms with E-state index in [0.717, 1.165) is 44.8 Å². The molecule has 134 valence electrons. The zero-order chi connectivity index (χ0) is 17.4. The van der Waals surface area contributed by atoms with Crippen LogP contribution in [0.2, 0.25) is 0 Å². The van der Waals surface area contributed by atoms with Crippen LogP contribution in [0.3, 0.4) is 0 Å². The van der Waals surface area contributed by atoms with Gasteiger partial charge in [-0.25, -0.2) is 0 Å². The number of likely N-dealkylation sites (N-methyl/N-ethyl adjacent to an activating group) is 1. The molecule has 2 N–H and O–H groups in total. The average Bonchev–Trinajstić information content (AvgIpc) is 2.59. The van der Waals surface area contributed by atoms with Crippen LogP contribution in [-0.4, -0.2) is 55.7 Å². The predicted octanol–water partition coefficient (Wildman–Crippen LogP) is 2.28. The number of amides is 1. The first kappa shape index (κ1) is 18.7. The summed E-state index contributed by atoms with van der Waals surface area (Å²) in [4.78, 5) is 14.7. The number of hydrogen-bond acceptors (Lipinski definition) is 4. The van der Waals surface area contributed by atoms with Crippen LogP contribution in [0.15, 0.2) is 24.3 Å². The summed E-state index contributed by atoms with van der Waals surface area (Å²) >= 11 is 0. The second-order valence-corrected chi connectivity index (χ2v) is 6.45. The van der Waals surface area contributed by atoms with Gasteiger partial charge in [-0.2, -0.15) is 0 Å². The van der Waals surface area contributed by atoms with Gasteiger partial charge in [-0.1, -0.05) is 13.8 Å². The Balaban J connectivity index is 1.79. The van der Waals surface area contributed by atoms with E-state index in [0.29, 0.717) is 18.2 Å². The minimum atomic E-state index is 0.00351. The van der Waals surface area contributed by atoms with Crippen LogP contribution in [0.4, 0.5) is 0 Å². The highest BCUT2D eigenvalue weighted by molar-refractivity contribution is 5.94. The fourth-order valence-corrected chi connectivity index (χ4v) is 3.07. The molecule has 0 spiro atoms. The highest BCUT2D eigenvalue weighted by Crippen LogP contribution is 2.14. The minimum Gasteiger partial charge on any atom is -0.492 e. The summed E-state index contributed by atoms with van der Waals surface area (Å²) in [7, 11) is 0. The molecule has 1 fully saturated rings. The Hall–Kier alpha value is -1.59. The number of carbonyl (C=O) groups is 1. The zero-order valence-electron chi connectivity index (χ0n) is 15.2. The number of ether oxygens (including phenoxy) is 1. The monoisotopic (exact) mass is 333 g/mol. The number of benzene rings is 1. The molecule has 0 aliphatic carbocycles. The van der Waals surface area contributed by atoms with Gasteiger partial charge in [0.05, 0.1) is 0 Å². The SMILES string of the molecule is CCN(CC)CCOc1ccc(C(=O)NC2CCNC(C)C2)cc1. The Morgan fingerprint density at radius 3 is 2.62 bits per heavy atom. The molecule has 5 heteroatoms. The second-order valence-electron chi connectivity index (χ2n) is 6.45. The van der Waals surface area contributed by atoms with Crippen molar-refractivity contribution in [2.45, 2.75) is 45.7 Å². The smallest absolute Gasteiger partial charge is 0.251 e. The van der Waals surface area contributed by atoms with E-state index in [1.54, 1.807) is 0 Å². The third kappa shape index (κ3) is 5.80. The summed E-state index contributed by atoms with van der Waals surface area (Å²) in [6.45, 7) is 11.1. The summed E-state index contributed by atoms with van der Waals surface area (Å²) in [6.07, 6.45) is 1.97. The molecule has 5 nitrogen and oxygen atoms in total. The van der Waals surface area contributed by atoms with E-state index in [1.165, 1.54) is 0 Å². The Morgan fingerprint density at radius 2 is 2.00 bits per heavy atom. The van der Waals surface area contributed by atoms with E-state index >= 15 is 0 Å². The summed E-state index contributed by atoms with van der Waals surface area (Å²) in [5.74, 6) is 0.818. The number of rotatable bonds is 8. The lowest BCUT2D eigenvalue weighted by Crippen LogP contribution is -2.46. The zero-order valence-corrected chi connectivity index (χ0v) is 15.2. The van der Waals surface area contributed by atoms with Gasteiger partial charge in [-0.3, -0.25) is 4.79 Å². The Bertz CT molecular complexity index is 500. The largest absolute Gasteiger partial charge is 0.492 e. The number of nitrogens with one attached hydrogen (secondary N) is 2. The summed E-state index contributed by atoms with van der Waals surface area (Å²) in [6, 6.07) is 8.16. The van der Waals surface area contributed by atoms with Gasteiger partial charge in [-0.05, 0) is 63.7 Å². The van der Waals surface area contributed by atoms with Gasteiger partial charge in [-0.15, -0.1) is 0 Å². The van der Waals surface area contributed by atoms with Crippen molar-refractivity contribution in [2.75, 3.05) is 32.8 Å². The summed E-state index contributed by atoms with van der Waals surface area (Å²) in [5.41, 5.74) is 0.692. The van der Waals surface area contributed by atoms with Gasteiger partial charge in [0, 0.05) is 24.2 Å². The van der Waals surface area contributed by atoms with E-state index in [9.17, 15) is 4.79 Å². The van der Waals surface area contributed by atoms with Crippen molar-refractivity contribution in [2.24, 2.45) is 0 Å². The first-order valence-corrected chi connectivity index (χ1v) is 9.11. The van der Waals surface area contributed by atoms with Gasteiger partial charge in [0.1, 0.15) is 12.4 Å². The molecule has 1 amide bonds. The van der Waals surface area contributed by atoms with Crippen LogP contribution in [-0.2, 0) is 0 Å². The van der Waals surface area contributed by atoms with E-state index in [2.05, 4.69) is 36.3 Å². The maximum Gasteiger partial charge on any atom is 0.251 e. The van der Waals surface area contributed by atoms with Crippen molar-refractivity contribution in [1.29, 1.82) is 0 Å². The Kier molecular flexibility index (Phi) is 7.53. The fourth-order valence-electron chi connectivity index (χ4n) is 3.07. The molecule has 0 saturated carbocycles. The topological polar surface area (TPSA) is 53.6 Å². The third-order valence-corrected chi connectivity index (χ3v) is 4.65. The molecular weight excluding hydrogens is 302 g/mol. The number of piperidine rings is 1. The van der Waals surface area contributed by atoms with Crippen LogP contribution >= 0.6 is 0 Å². The molecule has 24 heavy (non-hydrogen) atoms. The second kappa shape index (κ2) is 9.64. The van der Waals surface area contributed by atoms with Crippen molar-refractivity contribution in [3.8, 4) is 5.75 Å². The molecule has 1 saturated heterocycles. The van der Waals surface area contributed by atoms with Gasteiger partial charge < -0.3 is 20.3 Å². The lowest BCUT2D eigenvalue weighted by atomic mass is 10.0. The lowest BCUT2D eigenvalue weighted by Gasteiger charge is -2.28. The van der Waals surface area contributed by atoms with Gasteiger partial charge >= 0.3 is 0 Å². The van der Waals surface area contributed by atoms with E-state index < -0.39 is 0 Å². The van der Waals surface area contributed by atoms with Crippen LogP contribution in [0, 0.1) is 0 Å². The van der Waals surface area contributed by atoms with Crippen molar-refractivity contribution in [1.82, 2.24) is 15.5 Å². The van der Waals surface area contributed by atoms with E-state index in [1.807, 2.05) is 24.3 Å². The van der Waals surface area contributed by atoms with Crippen LogP contribution in [0.25, 0.3) is 0 Å². The highest BCUT2D eigenvalue weighted by atomic mass is 16.5.